The molecule has 3 unspecified atom stereocenters. The Hall–Kier alpha value is -0.870. The van der Waals surface area contributed by atoms with Crippen LogP contribution in [-0.2, 0) is 4.74 Å². The van der Waals surface area contributed by atoms with E-state index in [1.807, 2.05) is 20.8 Å². The lowest BCUT2D eigenvalue weighted by molar-refractivity contribution is -0.153. The minimum absolute atomic E-state index is 0.0852. The summed E-state index contributed by atoms with van der Waals surface area (Å²) >= 11 is 0. The minimum atomic E-state index is -1.45. The Kier molecular flexibility index (Phi) is 10.7. The van der Waals surface area contributed by atoms with E-state index in [4.69, 9.17) is 10.1 Å². The van der Waals surface area contributed by atoms with Gasteiger partial charge in [0.25, 0.3) is 0 Å². The first-order chi connectivity index (χ1) is 11.9. The molecule has 26 heavy (non-hydrogen) atoms. The van der Waals surface area contributed by atoms with Gasteiger partial charge in [-0.3, -0.25) is 0 Å². The van der Waals surface area contributed by atoms with Crippen LogP contribution >= 0.6 is 0 Å². The average Bonchev–Trinajstić information content (AvgIpc) is 2.62. The monoisotopic (exact) mass is 369 g/mol. The van der Waals surface area contributed by atoms with E-state index in [1.54, 1.807) is 13.8 Å². The Balaban J connectivity index is 5.14. The van der Waals surface area contributed by atoms with Gasteiger partial charge in [0.1, 0.15) is 11.7 Å². The molecule has 0 rings (SSSR count). The second-order valence-corrected chi connectivity index (χ2v) is 8.36. The lowest BCUT2D eigenvalue weighted by Gasteiger charge is -2.40. The number of aliphatic hydroxyl groups excluding tert-OH is 1. The number of rotatable bonds is 13. The molecule has 0 aliphatic carbocycles. The van der Waals surface area contributed by atoms with Crippen LogP contribution in [0.15, 0.2) is 12.3 Å². The molecule has 0 aromatic heterocycles. The summed E-state index contributed by atoms with van der Waals surface area (Å²) in [5.74, 6) is 1.11. The summed E-state index contributed by atoms with van der Waals surface area (Å²) in [5.41, 5.74) is -0.980. The molecule has 154 valence electrons. The van der Waals surface area contributed by atoms with Crippen molar-refractivity contribution in [3.05, 3.63) is 12.3 Å². The van der Waals surface area contributed by atoms with Gasteiger partial charge in [0.15, 0.2) is 0 Å². The molecular formula is C22H43NO3. The molecule has 0 heterocycles. The molecule has 0 amide bonds. The van der Waals surface area contributed by atoms with Crippen LogP contribution in [0.2, 0.25) is 0 Å². The summed E-state index contributed by atoms with van der Waals surface area (Å²) in [6.07, 6.45) is 1.88. The van der Waals surface area contributed by atoms with Crippen molar-refractivity contribution in [3.63, 3.8) is 0 Å². The lowest BCUT2D eigenvalue weighted by atomic mass is 9.79. The number of aliphatic hydroxyl groups is 2. The SMILES string of the molecule is C=C(O[C@H](CC)[C@@](C)(O)C(O)C(C)C(=N)[C@H](C)CC)C(C)C[C@H](C)CC. The molecule has 0 saturated heterocycles. The maximum absolute atomic E-state index is 11.1. The zero-order valence-corrected chi connectivity index (χ0v) is 18.3. The highest BCUT2D eigenvalue weighted by atomic mass is 16.5. The first-order valence-corrected chi connectivity index (χ1v) is 10.3. The molecule has 4 heteroatoms. The molecular weight excluding hydrogens is 326 g/mol. The van der Waals surface area contributed by atoms with Gasteiger partial charge in [-0.25, -0.2) is 0 Å². The summed E-state index contributed by atoms with van der Waals surface area (Å²) in [7, 11) is 0. The van der Waals surface area contributed by atoms with Crippen molar-refractivity contribution in [2.24, 2.45) is 23.7 Å². The zero-order chi connectivity index (χ0) is 20.7. The highest BCUT2D eigenvalue weighted by molar-refractivity contribution is 5.86. The lowest BCUT2D eigenvalue weighted by Crippen LogP contribution is -2.54. The van der Waals surface area contributed by atoms with Crippen molar-refractivity contribution in [2.75, 3.05) is 0 Å². The molecule has 0 aromatic rings. The Morgan fingerprint density at radius 2 is 1.58 bits per heavy atom. The Bertz CT molecular complexity index is 447. The van der Waals surface area contributed by atoms with Crippen LogP contribution in [0.1, 0.15) is 81.1 Å². The number of hydrogen-bond donors (Lipinski definition) is 3. The number of nitrogens with one attached hydrogen (secondary N) is 1. The largest absolute Gasteiger partial charge is 0.492 e. The van der Waals surface area contributed by atoms with Gasteiger partial charge in [0.2, 0.25) is 0 Å². The third-order valence-electron chi connectivity index (χ3n) is 6.03. The zero-order valence-electron chi connectivity index (χ0n) is 18.3. The molecule has 0 bridgehead atoms. The molecule has 0 aromatic carbocycles. The van der Waals surface area contributed by atoms with Crippen LogP contribution in [-0.4, -0.2) is 33.7 Å². The quantitative estimate of drug-likeness (QED) is 0.309. The molecule has 4 nitrogen and oxygen atoms in total. The van der Waals surface area contributed by atoms with E-state index in [1.165, 1.54) is 0 Å². The number of hydrogen-bond acceptors (Lipinski definition) is 4. The fraction of sp³-hybridized carbons (Fsp3) is 0.864. The predicted molar refractivity (Wildman–Crippen MR) is 111 cm³/mol. The topological polar surface area (TPSA) is 73.5 Å². The fourth-order valence-corrected chi connectivity index (χ4v) is 3.35. The van der Waals surface area contributed by atoms with Crippen LogP contribution in [0.3, 0.4) is 0 Å². The van der Waals surface area contributed by atoms with Gasteiger partial charge >= 0.3 is 0 Å². The van der Waals surface area contributed by atoms with Gasteiger partial charge in [-0.15, -0.1) is 0 Å². The number of allylic oxidation sites excluding steroid dienone is 1. The van der Waals surface area contributed by atoms with Gasteiger partial charge in [0, 0.05) is 17.5 Å². The van der Waals surface area contributed by atoms with E-state index >= 15 is 0 Å². The molecule has 0 spiro atoms. The Morgan fingerprint density at radius 1 is 1.04 bits per heavy atom. The smallest absolute Gasteiger partial charge is 0.129 e. The van der Waals surface area contributed by atoms with Crippen LogP contribution in [0.4, 0.5) is 0 Å². The van der Waals surface area contributed by atoms with E-state index < -0.39 is 23.7 Å². The second kappa shape index (κ2) is 11.1. The van der Waals surface area contributed by atoms with Gasteiger partial charge in [0.05, 0.1) is 11.9 Å². The molecule has 0 saturated carbocycles. The van der Waals surface area contributed by atoms with Gasteiger partial charge in [-0.1, -0.05) is 61.5 Å². The first-order valence-electron chi connectivity index (χ1n) is 10.3. The highest BCUT2D eigenvalue weighted by Gasteiger charge is 2.44. The molecule has 0 fully saturated rings. The molecule has 0 aliphatic rings. The van der Waals surface area contributed by atoms with E-state index in [-0.39, 0.29) is 11.8 Å². The standard InChI is InChI=1S/C22H43NO3/c1-10-14(4)13-16(6)18(8)26-19(12-3)22(9,25)21(24)17(7)20(23)15(5)11-2/h14-17,19,21,23-25H,8,10-13H2,1-7,9H3/t14-,15-,16?,17?,19-,21?,22-/m1/s1. The number of ether oxygens (including phenoxy) is 1. The van der Waals surface area contributed by atoms with E-state index in [0.717, 1.165) is 19.3 Å². The molecule has 0 radical (unpaired) electrons. The average molecular weight is 370 g/mol. The molecule has 0 aliphatic heterocycles. The second-order valence-electron chi connectivity index (χ2n) is 8.36. The minimum Gasteiger partial charge on any atom is -0.492 e. The summed E-state index contributed by atoms with van der Waals surface area (Å²) < 4.78 is 6.03. The maximum Gasteiger partial charge on any atom is 0.129 e. The third kappa shape index (κ3) is 6.70. The van der Waals surface area contributed by atoms with E-state index in [2.05, 4.69) is 27.4 Å². The molecule has 7 atom stereocenters. The van der Waals surface area contributed by atoms with Crippen molar-refractivity contribution >= 4 is 5.71 Å². The van der Waals surface area contributed by atoms with Crippen molar-refractivity contribution in [1.29, 1.82) is 5.41 Å². The molecule has 3 N–H and O–H groups in total. The Labute approximate surface area is 161 Å². The summed E-state index contributed by atoms with van der Waals surface area (Å²) in [5, 5.41) is 30.1. The van der Waals surface area contributed by atoms with Crippen molar-refractivity contribution in [2.45, 2.75) is 98.9 Å². The van der Waals surface area contributed by atoms with E-state index in [9.17, 15) is 10.2 Å². The van der Waals surface area contributed by atoms with E-state index in [0.29, 0.717) is 23.8 Å². The van der Waals surface area contributed by atoms with Crippen LogP contribution in [0, 0.1) is 29.1 Å². The maximum atomic E-state index is 11.1. The fourth-order valence-electron chi connectivity index (χ4n) is 3.35. The Morgan fingerprint density at radius 3 is 2.00 bits per heavy atom. The van der Waals surface area contributed by atoms with Crippen molar-refractivity contribution in [3.8, 4) is 0 Å². The normalized spacial score (nSPS) is 21.0. The van der Waals surface area contributed by atoms with Gasteiger partial charge in [-0.2, -0.15) is 0 Å². The van der Waals surface area contributed by atoms with Gasteiger partial charge in [-0.05, 0) is 38.0 Å². The first kappa shape index (κ1) is 25.1. The summed E-state index contributed by atoms with van der Waals surface area (Å²) in [4.78, 5) is 0. The highest BCUT2D eigenvalue weighted by Crippen LogP contribution is 2.31. The van der Waals surface area contributed by atoms with Crippen molar-refractivity contribution < 1.29 is 14.9 Å². The third-order valence-corrected chi connectivity index (χ3v) is 6.03. The van der Waals surface area contributed by atoms with Gasteiger partial charge < -0.3 is 20.4 Å². The van der Waals surface area contributed by atoms with Crippen LogP contribution in [0.25, 0.3) is 0 Å². The van der Waals surface area contributed by atoms with Crippen molar-refractivity contribution in [1.82, 2.24) is 0 Å². The summed E-state index contributed by atoms with van der Waals surface area (Å²) in [6.45, 7) is 19.9. The summed E-state index contributed by atoms with van der Waals surface area (Å²) in [6, 6.07) is 0. The predicted octanol–water partition coefficient (Wildman–Crippen LogP) is 5.18. The van der Waals surface area contributed by atoms with Crippen LogP contribution in [0.5, 0.6) is 0 Å². The van der Waals surface area contributed by atoms with Crippen LogP contribution < -0.4 is 0 Å².